The van der Waals surface area contributed by atoms with E-state index in [1.165, 1.54) is 0 Å². The molecule has 3 aliphatic rings. The first kappa shape index (κ1) is 21.3. The molecular formula is C25H27N3O5. The number of anilines is 2. The van der Waals surface area contributed by atoms with Gasteiger partial charge < -0.3 is 24.2 Å². The Bertz CT molecular complexity index is 1080. The summed E-state index contributed by atoms with van der Waals surface area (Å²) < 4.78 is 11.2. The molecule has 2 amide bonds. The topological polar surface area (TPSA) is 79.4 Å². The largest absolute Gasteiger partial charge is 0.486 e. The smallest absolute Gasteiger partial charge is 0.228 e. The minimum absolute atomic E-state index is 0.0370. The van der Waals surface area contributed by atoms with Gasteiger partial charge in [-0.25, -0.2) is 0 Å². The Morgan fingerprint density at radius 2 is 1.55 bits per heavy atom. The highest BCUT2D eigenvalue weighted by molar-refractivity contribution is 6.00. The van der Waals surface area contributed by atoms with Crippen LogP contribution in [-0.4, -0.2) is 68.4 Å². The van der Waals surface area contributed by atoms with Gasteiger partial charge in [0.1, 0.15) is 13.2 Å². The molecule has 5 rings (SSSR count). The molecule has 0 radical (unpaired) electrons. The van der Waals surface area contributed by atoms with Crippen molar-refractivity contribution in [1.82, 2.24) is 4.90 Å². The van der Waals surface area contributed by atoms with Crippen molar-refractivity contribution in [2.24, 2.45) is 5.92 Å². The number of ether oxygens (including phenoxy) is 2. The number of hydrogen-bond donors (Lipinski definition) is 0. The third-order valence-corrected chi connectivity index (χ3v) is 6.54. The van der Waals surface area contributed by atoms with Crippen LogP contribution in [-0.2, 0) is 9.59 Å². The number of rotatable bonds is 4. The van der Waals surface area contributed by atoms with Crippen molar-refractivity contribution in [2.45, 2.75) is 13.3 Å². The number of carbonyl (C=O) groups is 3. The van der Waals surface area contributed by atoms with Crippen LogP contribution in [0.4, 0.5) is 11.4 Å². The number of amides is 2. The molecule has 0 unspecified atom stereocenters. The summed E-state index contributed by atoms with van der Waals surface area (Å²) in [5.41, 5.74) is 2.48. The minimum Gasteiger partial charge on any atom is -0.486 e. The molecule has 3 heterocycles. The number of ketones is 1. The fraction of sp³-hybridized carbons (Fsp3) is 0.400. The molecule has 2 fully saturated rings. The summed E-state index contributed by atoms with van der Waals surface area (Å²) >= 11 is 0. The van der Waals surface area contributed by atoms with Crippen molar-refractivity contribution in [1.29, 1.82) is 0 Å². The van der Waals surface area contributed by atoms with Crippen LogP contribution in [0.3, 0.4) is 0 Å². The maximum absolute atomic E-state index is 13.2. The number of Topliss-reactive ketones (excluding diaryl/α,β-unsaturated/α-hetero) is 1. The standard InChI is InChI=1S/C25H27N3O5/c1-17(29)18-2-4-20(5-3-18)26-8-10-27(11-9-26)25(31)19-14-24(30)28(16-19)21-6-7-22-23(15-21)33-13-12-32-22/h2-7,15,19H,8-14,16H2,1H3/t19-/m1/s1. The van der Waals surface area contributed by atoms with Gasteiger partial charge in [0.2, 0.25) is 11.8 Å². The van der Waals surface area contributed by atoms with Crippen LogP contribution in [0.5, 0.6) is 11.5 Å². The molecule has 2 aromatic rings. The van der Waals surface area contributed by atoms with E-state index in [1.54, 1.807) is 11.8 Å². The summed E-state index contributed by atoms with van der Waals surface area (Å²) in [4.78, 5) is 43.1. The van der Waals surface area contributed by atoms with Gasteiger partial charge in [-0.3, -0.25) is 14.4 Å². The predicted molar refractivity (Wildman–Crippen MR) is 123 cm³/mol. The number of benzene rings is 2. The summed E-state index contributed by atoms with van der Waals surface area (Å²) in [5, 5.41) is 0. The van der Waals surface area contributed by atoms with Crippen LogP contribution in [0.15, 0.2) is 42.5 Å². The molecule has 0 N–H and O–H groups in total. The summed E-state index contributed by atoms with van der Waals surface area (Å²) in [6.45, 7) is 5.60. The zero-order chi connectivity index (χ0) is 22.9. The lowest BCUT2D eigenvalue weighted by atomic mass is 10.1. The van der Waals surface area contributed by atoms with E-state index >= 15 is 0 Å². The highest BCUT2D eigenvalue weighted by atomic mass is 16.6. The maximum atomic E-state index is 13.2. The van der Waals surface area contributed by atoms with Crippen LogP contribution >= 0.6 is 0 Å². The average Bonchev–Trinajstić information content (AvgIpc) is 3.25. The maximum Gasteiger partial charge on any atom is 0.228 e. The van der Waals surface area contributed by atoms with E-state index < -0.39 is 0 Å². The predicted octanol–water partition coefficient (Wildman–Crippen LogP) is 2.36. The van der Waals surface area contributed by atoms with Gasteiger partial charge in [-0.1, -0.05) is 0 Å². The van der Waals surface area contributed by atoms with E-state index in [2.05, 4.69) is 4.90 Å². The van der Waals surface area contributed by atoms with Gasteiger partial charge in [-0.15, -0.1) is 0 Å². The van der Waals surface area contributed by atoms with Gasteiger partial charge in [0.25, 0.3) is 0 Å². The number of nitrogens with zero attached hydrogens (tertiary/aromatic N) is 3. The van der Waals surface area contributed by atoms with Crippen molar-refractivity contribution >= 4 is 29.0 Å². The molecule has 0 saturated carbocycles. The third-order valence-electron chi connectivity index (χ3n) is 6.54. The summed E-state index contributed by atoms with van der Waals surface area (Å²) in [5.74, 6) is 1.01. The molecule has 8 heteroatoms. The monoisotopic (exact) mass is 449 g/mol. The van der Waals surface area contributed by atoms with E-state index in [1.807, 2.05) is 47.4 Å². The lowest BCUT2D eigenvalue weighted by Gasteiger charge is -2.37. The summed E-state index contributed by atoms with van der Waals surface area (Å²) in [7, 11) is 0. The van der Waals surface area contributed by atoms with Crippen molar-refractivity contribution < 1.29 is 23.9 Å². The van der Waals surface area contributed by atoms with E-state index in [-0.39, 0.29) is 29.9 Å². The number of piperazine rings is 1. The molecule has 2 saturated heterocycles. The van der Waals surface area contributed by atoms with Crippen LogP contribution in [0, 0.1) is 5.92 Å². The lowest BCUT2D eigenvalue weighted by Crippen LogP contribution is -2.50. The molecule has 33 heavy (non-hydrogen) atoms. The van der Waals surface area contributed by atoms with Crippen molar-refractivity contribution in [3.63, 3.8) is 0 Å². The van der Waals surface area contributed by atoms with Gasteiger partial charge >= 0.3 is 0 Å². The van der Waals surface area contributed by atoms with Crippen LogP contribution < -0.4 is 19.3 Å². The van der Waals surface area contributed by atoms with E-state index in [9.17, 15) is 14.4 Å². The number of carbonyl (C=O) groups excluding carboxylic acids is 3. The first-order valence-corrected chi connectivity index (χ1v) is 11.3. The zero-order valence-corrected chi connectivity index (χ0v) is 18.7. The quantitative estimate of drug-likeness (QED) is 0.667. The van der Waals surface area contributed by atoms with Gasteiger partial charge in [0.05, 0.1) is 5.92 Å². The highest BCUT2D eigenvalue weighted by Crippen LogP contribution is 2.36. The van der Waals surface area contributed by atoms with Crippen molar-refractivity contribution in [2.75, 3.05) is 55.7 Å². The summed E-state index contributed by atoms with van der Waals surface area (Å²) in [6, 6.07) is 13.1. The highest BCUT2D eigenvalue weighted by Gasteiger charge is 2.38. The Labute approximate surface area is 192 Å². The zero-order valence-electron chi connectivity index (χ0n) is 18.7. The Morgan fingerprint density at radius 1 is 0.879 bits per heavy atom. The first-order valence-electron chi connectivity index (χ1n) is 11.3. The Hall–Kier alpha value is -3.55. The molecule has 0 aromatic heterocycles. The van der Waals surface area contributed by atoms with Gasteiger partial charge in [0, 0.05) is 62.1 Å². The fourth-order valence-corrected chi connectivity index (χ4v) is 4.67. The molecule has 0 bridgehead atoms. The van der Waals surface area contributed by atoms with Gasteiger partial charge in [-0.2, -0.15) is 0 Å². The summed E-state index contributed by atoms with van der Waals surface area (Å²) in [6.07, 6.45) is 0.222. The number of fused-ring (bicyclic) bond motifs is 1. The van der Waals surface area contributed by atoms with Gasteiger partial charge in [0.15, 0.2) is 17.3 Å². The second-order valence-corrected chi connectivity index (χ2v) is 8.65. The Morgan fingerprint density at radius 3 is 2.24 bits per heavy atom. The second kappa shape index (κ2) is 8.77. The van der Waals surface area contributed by atoms with Crippen molar-refractivity contribution in [3.8, 4) is 11.5 Å². The van der Waals surface area contributed by atoms with Crippen LogP contribution in [0.1, 0.15) is 23.7 Å². The normalized spacial score (nSPS) is 20.2. The molecule has 8 nitrogen and oxygen atoms in total. The molecular weight excluding hydrogens is 422 g/mol. The fourth-order valence-electron chi connectivity index (χ4n) is 4.67. The SMILES string of the molecule is CC(=O)c1ccc(N2CCN(C(=O)[C@@H]3CC(=O)N(c4ccc5c(c4)OCCO5)C3)CC2)cc1. The van der Waals surface area contributed by atoms with Crippen LogP contribution in [0.2, 0.25) is 0 Å². The molecule has 3 aliphatic heterocycles. The molecule has 172 valence electrons. The van der Waals surface area contributed by atoms with Crippen LogP contribution in [0.25, 0.3) is 0 Å². The average molecular weight is 450 g/mol. The van der Waals surface area contributed by atoms with E-state index in [0.29, 0.717) is 49.9 Å². The Kier molecular flexibility index (Phi) is 5.66. The second-order valence-electron chi connectivity index (χ2n) is 8.65. The lowest BCUT2D eigenvalue weighted by molar-refractivity contribution is -0.136. The minimum atomic E-state index is -0.341. The van der Waals surface area contributed by atoms with Gasteiger partial charge in [-0.05, 0) is 43.3 Å². The van der Waals surface area contributed by atoms with E-state index in [4.69, 9.17) is 9.47 Å². The third kappa shape index (κ3) is 4.25. The van der Waals surface area contributed by atoms with E-state index in [0.717, 1.165) is 24.5 Å². The molecule has 0 spiro atoms. The van der Waals surface area contributed by atoms with Crippen molar-refractivity contribution in [3.05, 3.63) is 48.0 Å². The Balaban J connectivity index is 1.19. The number of hydrogen-bond acceptors (Lipinski definition) is 6. The molecule has 0 aliphatic carbocycles. The molecule has 2 aromatic carbocycles. The first-order chi connectivity index (χ1) is 16.0. The molecule has 1 atom stereocenters.